The molecule has 1 rings (SSSR count). The maximum Gasteiger partial charge on any atom is 0.120 e. The maximum absolute atomic E-state index is 5.47. The van der Waals surface area contributed by atoms with E-state index in [4.69, 9.17) is 18.0 Å². The summed E-state index contributed by atoms with van der Waals surface area (Å²) in [5.41, 5.74) is 6.35. The Morgan fingerprint density at radius 3 is 3.09 bits per heavy atom. The largest absolute Gasteiger partial charge is 0.388 e. The predicted molar refractivity (Wildman–Crippen MR) is 50.5 cm³/mol. The van der Waals surface area contributed by atoms with Crippen molar-refractivity contribution in [2.75, 3.05) is 0 Å². The lowest BCUT2D eigenvalue weighted by Gasteiger charge is -2.02. The summed E-state index contributed by atoms with van der Waals surface area (Å²) in [5.74, 6) is 0. The van der Waals surface area contributed by atoms with Gasteiger partial charge in [-0.15, -0.1) is 6.58 Å². The maximum atomic E-state index is 5.47. The molecule has 2 N–H and O–H groups in total. The van der Waals surface area contributed by atoms with Gasteiger partial charge in [0.05, 0.1) is 5.69 Å². The van der Waals surface area contributed by atoms with Crippen LogP contribution in [0, 0.1) is 0 Å². The normalized spacial score (nSPS) is 9.45. The summed E-state index contributed by atoms with van der Waals surface area (Å²) in [5, 5.41) is 0. The Labute approximate surface area is 71.3 Å². The van der Waals surface area contributed by atoms with E-state index in [1.165, 1.54) is 0 Å². The van der Waals surface area contributed by atoms with E-state index in [1.54, 1.807) is 0 Å². The van der Waals surface area contributed by atoms with E-state index in [1.807, 2.05) is 29.0 Å². The van der Waals surface area contributed by atoms with E-state index >= 15 is 0 Å². The van der Waals surface area contributed by atoms with Crippen LogP contribution in [0.1, 0.15) is 5.69 Å². The molecule has 0 aliphatic heterocycles. The second-order valence-electron chi connectivity index (χ2n) is 2.20. The number of nitrogens with two attached hydrogens (primary N) is 1. The van der Waals surface area contributed by atoms with Crippen molar-refractivity contribution >= 4 is 17.2 Å². The minimum absolute atomic E-state index is 0.428. The molecule has 0 radical (unpaired) electrons. The van der Waals surface area contributed by atoms with Crippen molar-refractivity contribution in [1.29, 1.82) is 0 Å². The summed E-state index contributed by atoms with van der Waals surface area (Å²) in [6.45, 7) is 4.38. The highest BCUT2D eigenvalue weighted by Gasteiger charge is 1.99. The lowest BCUT2D eigenvalue weighted by atomic mass is 10.4. The highest BCUT2D eigenvalue weighted by molar-refractivity contribution is 7.80. The Morgan fingerprint density at radius 1 is 1.82 bits per heavy atom. The average Bonchev–Trinajstić information content (AvgIpc) is 2.36. The lowest BCUT2D eigenvalue weighted by Crippen LogP contribution is -2.14. The Balaban J connectivity index is 2.95. The third-order valence-corrected chi connectivity index (χ3v) is 1.62. The van der Waals surface area contributed by atoms with Gasteiger partial charge in [-0.1, -0.05) is 18.3 Å². The number of thiocarbonyl (C=S) groups is 1. The molecule has 1 aromatic heterocycles. The van der Waals surface area contributed by atoms with Gasteiger partial charge in [-0.05, 0) is 12.1 Å². The molecule has 3 heteroatoms. The van der Waals surface area contributed by atoms with Gasteiger partial charge in [0, 0.05) is 12.7 Å². The average molecular weight is 166 g/mol. The molecule has 0 aromatic carbocycles. The van der Waals surface area contributed by atoms with Crippen LogP contribution >= 0.6 is 12.2 Å². The highest BCUT2D eigenvalue weighted by Crippen LogP contribution is 2.01. The van der Waals surface area contributed by atoms with Gasteiger partial charge in [-0.25, -0.2) is 0 Å². The van der Waals surface area contributed by atoms with E-state index in [0.717, 1.165) is 12.2 Å². The fraction of sp³-hybridized carbons (Fsp3) is 0.125. The van der Waals surface area contributed by atoms with E-state index in [9.17, 15) is 0 Å². The van der Waals surface area contributed by atoms with Crippen molar-refractivity contribution in [3.63, 3.8) is 0 Å². The topological polar surface area (TPSA) is 30.9 Å². The second kappa shape index (κ2) is 3.34. The second-order valence-corrected chi connectivity index (χ2v) is 2.64. The summed E-state index contributed by atoms with van der Waals surface area (Å²) in [7, 11) is 0. The molecule has 0 fully saturated rings. The highest BCUT2D eigenvalue weighted by atomic mass is 32.1. The van der Waals surface area contributed by atoms with Crippen LogP contribution in [-0.4, -0.2) is 9.56 Å². The van der Waals surface area contributed by atoms with Crippen molar-refractivity contribution in [1.82, 2.24) is 4.57 Å². The van der Waals surface area contributed by atoms with Gasteiger partial charge < -0.3 is 10.3 Å². The third-order valence-electron chi connectivity index (χ3n) is 1.41. The summed E-state index contributed by atoms with van der Waals surface area (Å²) >= 11 is 4.84. The smallest absolute Gasteiger partial charge is 0.120 e. The van der Waals surface area contributed by atoms with Crippen LogP contribution in [0.25, 0.3) is 0 Å². The summed E-state index contributed by atoms with van der Waals surface area (Å²) < 4.78 is 1.95. The van der Waals surface area contributed by atoms with E-state index in [0.29, 0.717) is 4.99 Å². The van der Waals surface area contributed by atoms with Crippen molar-refractivity contribution in [2.24, 2.45) is 5.73 Å². The molecule has 58 valence electrons. The van der Waals surface area contributed by atoms with Crippen molar-refractivity contribution < 1.29 is 0 Å². The Kier molecular flexibility index (Phi) is 2.44. The number of nitrogens with zero attached hydrogens (tertiary/aromatic N) is 1. The first-order valence-electron chi connectivity index (χ1n) is 3.31. The predicted octanol–water partition coefficient (Wildman–Crippen LogP) is 1.31. The van der Waals surface area contributed by atoms with Crippen LogP contribution < -0.4 is 5.73 Å². The fourth-order valence-electron chi connectivity index (χ4n) is 0.936. The minimum atomic E-state index is 0.428. The molecule has 0 aliphatic carbocycles. The Bertz CT molecular complexity index is 275. The first-order chi connectivity index (χ1) is 5.25. The van der Waals surface area contributed by atoms with E-state index in [2.05, 4.69) is 6.58 Å². The standard InChI is InChI=1S/C8H10N2S/c1-2-5-10-6-3-4-7(10)8(9)11/h2-4,6H,1,5H2,(H2,9,11). The Morgan fingerprint density at radius 2 is 2.55 bits per heavy atom. The molecule has 1 aromatic rings. The SMILES string of the molecule is C=CCn1cccc1C(N)=S. The third kappa shape index (κ3) is 1.68. The monoisotopic (exact) mass is 166 g/mol. The minimum Gasteiger partial charge on any atom is -0.388 e. The number of rotatable bonds is 3. The van der Waals surface area contributed by atoms with Gasteiger partial charge in [0.15, 0.2) is 0 Å². The van der Waals surface area contributed by atoms with Crippen LogP contribution in [0.5, 0.6) is 0 Å². The van der Waals surface area contributed by atoms with Crippen LogP contribution in [0.4, 0.5) is 0 Å². The van der Waals surface area contributed by atoms with E-state index < -0.39 is 0 Å². The number of hydrogen-bond acceptors (Lipinski definition) is 1. The van der Waals surface area contributed by atoms with Crippen LogP contribution in [0.15, 0.2) is 31.0 Å². The van der Waals surface area contributed by atoms with Crippen molar-refractivity contribution in [2.45, 2.75) is 6.54 Å². The van der Waals surface area contributed by atoms with Crippen LogP contribution in [0.2, 0.25) is 0 Å². The first-order valence-corrected chi connectivity index (χ1v) is 3.72. The van der Waals surface area contributed by atoms with Gasteiger partial charge in [0.25, 0.3) is 0 Å². The summed E-state index contributed by atoms with van der Waals surface area (Å²) in [6.07, 6.45) is 3.73. The Hall–Kier alpha value is -1.09. The molecular weight excluding hydrogens is 156 g/mol. The molecule has 2 nitrogen and oxygen atoms in total. The molecule has 0 spiro atoms. The van der Waals surface area contributed by atoms with Gasteiger partial charge in [-0.3, -0.25) is 0 Å². The zero-order valence-electron chi connectivity index (χ0n) is 6.16. The fourth-order valence-corrected chi connectivity index (χ4v) is 1.12. The molecular formula is C8H10N2S. The molecule has 0 saturated heterocycles. The zero-order valence-corrected chi connectivity index (χ0v) is 6.97. The van der Waals surface area contributed by atoms with Crippen molar-refractivity contribution in [3.05, 3.63) is 36.7 Å². The van der Waals surface area contributed by atoms with Crippen LogP contribution in [0.3, 0.4) is 0 Å². The zero-order chi connectivity index (χ0) is 8.27. The van der Waals surface area contributed by atoms with E-state index in [-0.39, 0.29) is 0 Å². The summed E-state index contributed by atoms with van der Waals surface area (Å²) in [6, 6.07) is 3.81. The summed E-state index contributed by atoms with van der Waals surface area (Å²) in [4.78, 5) is 0.428. The quantitative estimate of drug-likeness (QED) is 0.542. The molecule has 0 unspecified atom stereocenters. The molecule has 0 bridgehead atoms. The number of allylic oxidation sites excluding steroid dienone is 1. The van der Waals surface area contributed by atoms with Gasteiger partial charge in [-0.2, -0.15) is 0 Å². The molecule has 0 amide bonds. The van der Waals surface area contributed by atoms with Crippen LogP contribution in [-0.2, 0) is 6.54 Å². The molecule has 0 saturated carbocycles. The van der Waals surface area contributed by atoms with Gasteiger partial charge in [0.2, 0.25) is 0 Å². The number of hydrogen-bond donors (Lipinski definition) is 1. The van der Waals surface area contributed by atoms with Gasteiger partial charge in [0.1, 0.15) is 4.99 Å². The molecule has 1 heterocycles. The van der Waals surface area contributed by atoms with Gasteiger partial charge >= 0.3 is 0 Å². The number of aromatic nitrogens is 1. The molecule has 11 heavy (non-hydrogen) atoms. The molecule has 0 atom stereocenters. The lowest BCUT2D eigenvalue weighted by molar-refractivity contribution is 0.823. The first kappa shape index (κ1) is 8.01. The molecule has 0 aliphatic rings. The van der Waals surface area contributed by atoms with Crippen molar-refractivity contribution in [3.8, 4) is 0 Å².